The number of hydrogen-bond acceptors (Lipinski definition) is 1. The van der Waals surface area contributed by atoms with E-state index in [2.05, 4.69) is 150 Å². The van der Waals surface area contributed by atoms with Crippen molar-refractivity contribution in [3.8, 4) is 16.9 Å². The first kappa shape index (κ1) is 24.2. The molecule has 2 aliphatic rings. The zero-order chi connectivity index (χ0) is 28.3. The van der Waals surface area contributed by atoms with Gasteiger partial charge in [0.1, 0.15) is 5.82 Å². The summed E-state index contributed by atoms with van der Waals surface area (Å²) in [6, 6.07) is 43.8. The molecule has 202 valence electrons. The van der Waals surface area contributed by atoms with Gasteiger partial charge in [-0.3, -0.25) is 4.57 Å². The Morgan fingerprint density at radius 1 is 0.628 bits per heavy atom. The summed E-state index contributed by atoms with van der Waals surface area (Å²) >= 11 is 0. The van der Waals surface area contributed by atoms with Crippen molar-refractivity contribution in [3.63, 3.8) is 0 Å². The quantitative estimate of drug-likeness (QED) is 0.215. The van der Waals surface area contributed by atoms with Gasteiger partial charge >= 0.3 is 0 Å². The molecule has 2 aliphatic carbocycles. The Bertz CT molecular complexity index is 2330. The largest absolute Gasteiger partial charge is 0.294 e. The lowest BCUT2D eigenvalue weighted by Crippen LogP contribution is -2.01. The minimum Gasteiger partial charge on any atom is -0.294 e. The van der Waals surface area contributed by atoms with E-state index in [1.54, 1.807) is 0 Å². The van der Waals surface area contributed by atoms with Gasteiger partial charge in [-0.1, -0.05) is 121 Å². The SMILES string of the molecule is C1=CCC(c2cc(-n3c4ccccc4c4c5c(ccc43)-c3ccccc3C5)nc3ccccc23)=CC(c2ccccc2)=C1. The van der Waals surface area contributed by atoms with Crippen LogP contribution in [0.1, 0.15) is 28.7 Å². The molecule has 0 unspecified atom stereocenters. The number of fused-ring (bicyclic) bond motifs is 8. The molecular formula is C41H28N2. The zero-order valence-electron chi connectivity index (χ0n) is 23.7. The van der Waals surface area contributed by atoms with E-state index in [1.807, 2.05) is 0 Å². The van der Waals surface area contributed by atoms with Gasteiger partial charge in [0, 0.05) is 16.2 Å². The zero-order valence-corrected chi connectivity index (χ0v) is 23.7. The molecule has 43 heavy (non-hydrogen) atoms. The fourth-order valence-corrected chi connectivity index (χ4v) is 7.14. The van der Waals surface area contributed by atoms with Crippen LogP contribution in [-0.4, -0.2) is 9.55 Å². The number of nitrogens with zero attached hydrogens (tertiary/aromatic N) is 2. The molecule has 0 aliphatic heterocycles. The maximum Gasteiger partial charge on any atom is 0.138 e. The van der Waals surface area contributed by atoms with E-state index in [0.29, 0.717) is 0 Å². The van der Waals surface area contributed by atoms with Crippen LogP contribution in [0.5, 0.6) is 0 Å². The van der Waals surface area contributed by atoms with Crippen molar-refractivity contribution < 1.29 is 0 Å². The van der Waals surface area contributed by atoms with Crippen molar-refractivity contribution in [1.29, 1.82) is 0 Å². The Morgan fingerprint density at radius 2 is 1.42 bits per heavy atom. The van der Waals surface area contributed by atoms with Gasteiger partial charge in [-0.25, -0.2) is 4.98 Å². The monoisotopic (exact) mass is 548 g/mol. The number of benzene rings is 5. The Morgan fingerprint density at radius 3 is 2.35 bits per heavy atom. The van der Waals surface area contributed by atoms with E-state index >= 15 is 0 Å². The molecule has 0 fully saturated rings. The first-order chi connectivity index (χ1) is 21.3. The number of rotatable bonds is 3. The van der Waals surface area contributed by atoms with Crippen molar-refractivity contribution >= 4 is 43.9 Å². The summed E-state index contributed by atoms with van der Waals surface area (Å²) in [6.45, 7) is 0. The highest BCUT2D eigenvalue weighted by molar-refractivity contribution is 6.13. The molecule has 2 aromatic heterocycles. The van der Waals surface area contributed by atoms with Gasteiger partial charge in [0.15, 0.2) is 0 Å². The lowest BCUT2D eigenvalue weighted by atomic mass is 9.95. The van der Waals surface area contributed by atoms with Gasteiger partial charge in [-0.15, -0.1) is 0 Å². The van der Waals surface area contributed by atoms with Crippen molar-refractivity contribution in [2.45, 2.75) is 12.8 Å². The average Bonchev–Trinajstić information content (AvgIpc) is 3.49. The van der Waals surface area contributed by atoms with Gasteiger partial charge in [-0.05, 0) is 81.6 Å². The van der Waals surface area contributed by atoms with Crippen LogP contribution >= 0.6 is 0 Å². The van der Waals surface area contributed by atoms with E-state index in [9.17, 15) is 0 Å². The molecule has 5 aromatic carbocycles. The van der Waals surface area contributed by atoms with Crippen LogP contribution in [0, 0.1) is 0 Å². The summed E-state index contributed by atoms with van der Waals surface area (Å²) in [7, 11) is 0. The molecule has 0 atom stereocenters. The standard InChI is InChI=1S/C41H28N2/c1-2-12-27(13-3-1)28-14-4-5-15-29(24-28)35-26-40(42-37-20-10-8-18-33(35)37)43-38-21-11-9-19-34(38)41-36-25-30-16-6-7-17-31(30)32(36)22-23-39(41)43/h1-14,16-24,26H,15,25H2. The van der Waals surface area contributed by atoms with Crippen molar-refractivity contribution in [2.75, 3.05) is 0 Å². The summed E-state index contributed by atoms with van der Waals surface area (Å²) in [6.07, 6.45) is 10.8. The van der Waals surface area contributed by atoms with Gasteiger partial charge < -0.3 is 0 Å². The molecule has 0 saturated carbocycles. The number of allylic oxidation sites excluding steroid dienone is 6. The lowest BCUT2D eigenvalue weighted by molar-refractivity contribution is 1.10. The van der Waals surface area contributed by atoms with Crippen LogP contribution in [0.3, 0.4) is 0 Å². The molecule has 2 heterocycles. The second kappa shape index (κ2) is 9.54. The molecule has 2 heteroatoms. The highest BCUT2D eigenvalue weighted by atomic mass is 15.1. The number of pyridine rings is 1. The van der Waals surface area contributed by atoms with Crippen LogP contribution in [0.15, 0.2) is 146 Å². The third kappa shape index (κ3) is 3.77. The van der Waals surface area contributed by atoms with Gasteiger partial charge in [0.05, 0.1) is 16.6 Å². The predicted molar refractivity (Wildman–Crippen MR) is 180 cm³/mol. The summed E-state index contributed by atoms with van der Waals surface area (Å²) in [5.74, 6) is 0.953. The second-order valence-electron chi connectivity index (χ2n) is 11.5. The maximum atomic E-state index is 5.31. The van der Waals surface area contributed by atoms with Crippen molar-refractivity contribution in [2.24, 2.45) is 0 Å². The van der Waals surface area contributed by atoms with E-state index < -0.39 is 0 Å². The lowest BCUT2D eigenvalue weighted by Gasteiger charge is -2.15. The van der Waals surface area contributed by atoms with Crippen LogP contribution in [0.2, 0.25) is 0 Å². The Hall–Kier alpha value is -5.47. The molecule has 0 N–H and O–H groups in total. The molecule has 0 spiro atoms. The van der Waals surface area contributed by atoms with E-state index in [4.69, 9.17) is 4.98 Å². The smallest absolute Gasteiger partial charge is 0.138 e. The summed E-state index contributed by atoms with van der Waals surface area (Å²) in [5.41, 5.74) is 13.9. The van der Waals surface area contributed by atoms with Crippen molar-refractivity contribution in [3.05, 3.63) is 168 Å². The summed E-state index contributed by atoms with van der Waals surface area (Å²) < 4.78 is 2.38. The predicted octanol–water partition coefficient (Wildman–Crippen LogP) is 10.3. The Labute approximate surface area is 250 Å². The van der Waals surface area contributed by atoms with Gasteiger partial charge in [0.25, 0.3) is 0 Å². The average molecular weight is 549 g/mol. The summed E-state index contributed by atoms with van der Waals surface area (Å²) in [5, 5.41) is 3.80. The third-order valence-electron chi connectivity index (χ3n) is 9.09. The van der Waals surface area contributed by atoms with E-state index in [1.165, 1.54) is 71.7 Å². The molecule has 2 nitrogen and oxygen atoms in total. The number of hydrogen-bond donors (Lipinski definition) is 0. The van der Waals surface area contributed by atoms with Crippen molar-refractivity contribution in [1.82, 2.24) is 9.55 Å². The highest BCUT2D eigenvalue weighted by Crippen LogP contribution is 2.44. The minimum absolute atomic E-state index is 0.860. The first-order valence-electron chi connectivity index (χ1n) is 15.0. The molecular weight excluding hydrogens is 520 g/mol. The minimum atomic E-state index is 0.860. The second-order valence-corrected chi connectivity index (χ2v) is 11.5. The van der Waals surface area contributed by atoms with Crippen LogP contribution in [-0.2, 0) is 6.42 Å². The first-order valence-corrected chi connectivity index (χ1v) is 15.0. The topological polar surface area (TPSA) is 17.8 Å². The van der Waals surface area contributed by atoms with E-state index in [0.717, 1.165) is 24.2 Å². The Kier molecular flexibility index (Phi) is 5.36. The van der Waals surface area contributed by atoms with E-state index in [-0.39, 0.29) is 0 Å². The third-order valence-corrected chi connectivity index (χ3v) is 9.09. The Balaban J connectivity index is 1.30. The maximum absolute atomic E-state index is 5.31. The number of para-hydroxylation sites is 2. The molecule has 7 aromatic rings. The fourth-order valence-electron chi connectivity index (χ4n) is 7.14. The van der Waals surface area contributed by atoms with Gasteiger partial charge in [0.2, 0.25) is 0 Å². The van der Waals surface area contributed by atoms with Crippen LogP contribution in [0.25, 0.3) is 60.8 Å². The molecule has 0 amide bonds. The fraction of sp³-hybridized carbons (Fsp3) is 0.0488. The molecule has 9 rings (SSSR count). The molecule has 0 saturated heterocycles. The number of aromatic nitrogens is 2. The summed E-state index contributed by atoms with van der Waals surface area (Å²) in [4.78, 5) is 5.31. The normalized spacial score (nSPS) is 14.0. The van der Waals surface area contributed by atoms with Crippen LogP contribution < -0.4 is 0 Å². The highest BCUT2D eigenvalue weighted by Gasteiger charge is 2.25. The molecule has 0 radical (unpaired) electrons. The van der Waals surface area contributed by atoms with Crippen LogP contribution in [0.4, 0.5) is 0 Å². The van der Waals surface area contributed by atoms with Gasteiger partial charge in [-0.2, -0.15) is 0 Å². The molecule has 0 bridgehead atoms.